The van der Waals surface area contributed by atoms with Crippen molar-refractivity contribution in [3.63, 3.8) is 0 Å². The molecule has 0 rings (SSSR count). The van der Waals surface area contributed by atoms with Gasteiger partial charge < -0.3 is 5.11 Å². The van der Waals surface area contributed by atoms with E-state index in [0.717, 1.165) is 5.70 Å². The summed E-state index contributed by atoms with van der Waals surface area (Å²) in [5, 5.41) is 8.38. The molecule has 0 aliphatic heterocycles. The third-order valence-electron chi connectivity index (χ3n) is 0.912. The molecule has 0 atom stereocenters. The smallest absolute Gasteiger partial charge is 0.0480 e. The maximum absolute atomic E-state index is 8.38. The van der Waals surface area contributed by atoms with Gasteiger partial charge in [0, 0.05) is 24.9 Å². The molecule has 0 fully saturated rings. The Morgan fingerprint density at radius 2 is 2.40 bits per heavy atom. The average molecular weight is 139 g/mol. The molecular weight excluding hydrogens is 126 g/mol. The number of aliphatic imine (C=N–C) groups is 1. The molecule has 10 heavy (non-hydrogen) atoms. The Kier molecular flexibility index (Phi) is 5.68. The van der Waals surface area contributed by atoms with Crippen LogP contribution in [0.1, 0.15) is 13.3 Å². The molecule has 56 valence electrons. The van der Waals surface area contributed by atoms with E-state index in [9.17, 15) is 0 Å². The molecule has 1 N–H and O–H groups in total. The van der Waals surface area contributed by atoms with Gasteiger partial charge in [-0.2, -0.15) is 0 Å². The molecule has 0 unspecified atom stereocenters. The summed E-state index contributed by atoms with van der Waals surface area (Å²) >= 11 is 0. The zero-order chi connectivity index (χ0) is 7.82. The van der Waals surface area contributed by atoms with Crippen molar-refractivity contribution < 1.29 is 5.11 Å². The van der Waals surface area contributed by atoms with Crippen LogP contribution < -0.4 is 0 Å². The van der Waals surface area contributed by atoms with Crippen molar-refractivity contribution in [1.82, 2.24) is 0 Å². The second kappa shape index (κ2) is 6.23. The quantitative estimate of drug-likeness (QED) is 0.465. The van der Waals surface area contributed by atoms with Crippen molar-refractivity contribution in [3.05, 3.63) is 24.4 Å². The molecule has 2 nitrogen and oxygen atoms in total. The molecule has 0 saturated heterocycles. The Morgan fingerprint density at radius 3 is 2.90 bits per heavy atom. The first-order chi connectivity index (χ1) is 4.81. The van der Waals surface area contributed by atoms with Crippen LogP contribution in [0.5, 0.6) is 0 Å². The molecule has 0 aromatic rings. The van der Waals surface area contributed by atoms with Gasteiger partial charge in [0.1, 0.15) is 0 Å². The van der Waals surface area contributed by atoms with Gasteiger partial charge in [-0.25, -0.2) is 0 Å². The van der Waals surface area contributed by atoms with Gasteiger partial charge in [0.05, 0.1) is 0 Å². The van der Waals surface area contributed by atoms with Gasteiger partial charge in [-0.05, 0) is 13.0 Å². The van der Waals surface area contributed by atoms with E-state index in [-0.39, 0.29) is 6.61 Å². The summed E-state index contributed by atoms with van der Waals surface area (Å²) < 4.78 is 0. The summed E-state index contributed by atoms with van der Waals surface area (Å²) in [6.45, 7) is 5.57. The molecule has 0 amide bonds. The zero-order valence-corrected chi connectivity index (χ0v) is 6.25. The van der Waals surface area contributed by atoms with Crippen LogP contribution in [0.4, 0.5) is 0 Å². The van der Waals surface area contributed by atoms with E-state index in [1.807, 2.05) is 13.0 Å². The first-order valence-corrected chi connectivity index (χ1v) is 3.24. The van der Waals surface area contributed by atoms with Crippen LogP contribution in [0.2, 0.25) is 0 Å². The minimum atomic E-state index is 0.158. The van der Waals surface area contributed by atoms with Crippen molar-refractivity contribution in [2.45, 2.75) is 13.3 Å². The van der Waals surface area contributed by atoms with Gasteiger partial charge in [0.15, 0.2) is 0 Å². The highest BCUT2D eigenvalue weighted by Gasteiger charge is 1.77. The monoisotopic (exact) mass is 139 g/mol. The second-order valence-electron chi connectivity index (χ2n) is 1.87. The van der Waals surface area contributed by atoms with Crippen LogP contribution in [0, 0.1) is 0 Å². The summed E-state index contributed by atoms with van der Waals surface area (Å²) in [7, 11) is 0. The van der Waals surface area contributed by atoms with Crippen LogP contribution in [0.25, 0.3) is 0 Å². The predicted molar refractivity (Wildman–Crippen MR) is 44.1 cm³/mol. The fourth-order valence-electron chi connectivity index (χ4n) is 0.480. The SMILES string of the molecule is C=C/C=C(/C)N=CCCO. The van der Waals surface area contributed by atoms with E-state index >= 15 is 0 Å². The number of nitrogens with zero attached hydrogens (tertiary/aromatic N) is 1. The third kappa shape index (κ3) is 5.25. The summed E-state index contributed by atoms with van der Waals surface area (Å²) in [4.78, 5) is 4.01. The maximum atomic E-state index is 8.38. The van der Waals surface area contributed by atoms with E-state index in [2.05, 4.69) is 11.6 Å². The number of rotatable bonds is 4. The third-order valence-corrected chi connectivity index (χ3v) is 0.912. The Balaban J connectivity index is 3.65. The fraction of sp³-hybridized carbons (Fsp3) is 0.375. The Hall–Kier alpha value is -0.890. The summed E-state index contributed by atoms with van der Waals surface area (Å²) in [6, 6.07) is 0. The van der Waals surface area contributed by atoms with Crippen molar-refractivity contribution in [2.75, 3.05) is 6.61 Å². The molecule has 0 aromatic carbocycles. The van der Waals surface area contributed by atoms with Gasteiger partial charge >= 0.3 is 0 Å². The van der Waals surface area contributed by atoms with Crippen molar-refractivity contribution in [3.8, 4) is 0 Å². The topological polar surface area (TPSA) is 32.6 Å². The van der Waals surface area contributed by atoms with E-state index in [4.69, 9.17) is 5.11 Å². The van der Waals surface area contributed by atoms with E-state index in [1.54, 1.807) is 12.3 Å². The number of aliphatic hydroxyl groups excluding tert-OH is 1. The van der Waals surface area contributed by atoms with Crippen molar-refractivity contribution in [1.29, 1.82) is 0 Å². The van der Waals surface area contributed by atoms with Crippen molar-refractivity contribution >= 4 is 6.21 Å². The average Bonchev–Trinajstić information content (AvgIpc) is 1.89. The highest BCUT2D eigenvalue weighted by molar-refractivity contribution is 5.58. The summed E-state index contributed by atoms with van der Waals surface area (Å²) in [6.07, 6.45) is 5.80. The molecule has 0 aliphatic rings. The van der Waals surface area contributed by atoms with E-state index < -0.39 is 0 Å². The van der Waals surface area contributed by atoms with Gasteiger partial charge in [-0.1, -0.05) is 12.7 Å². The molecule has 2 heteroatoms. The van der Waals surface area contributed by atoms with Crippen LogP contribution >= 0.6 is 0 Å². The van der Waals surface area contributed by atoms with E-state index in [0.29, 0.717) is 6.42 Å². The van der Waals surface area contributed by atoms with Crippen LogP contribution in [0.15, 0.2) is 29.4 Å². The fourth-order valence-corrected chi connectivity index (χ4v) is 0.480. The Bertz CT molecular complexity index is 147. The van der Waals surface area contributed by atoms with Crippen LogP contribution in [-0.2, 0) is 0 Å². The predicted octanol–water partition coefficient (Wildman–Crippen LogP) is 1.53. The normalized spacial score (nSPS) is 12.4. The lowest BCUT2D eigenvalue weighted by Gasteiger charge is -1.87. The lowest BCUT2D eigenvalue weighted by Crippen LogP contribution is -1.82. The standard InChI is InChI=1S/C8H13NO/c1-3-5-8(2)9-6-4-7-10/h3,5-6,10H,1,4,7H2,2H3/b8-5-,9-6?. The lowest BCUT2D eigenvalue weighted by molar-refractivity contribution is 0.308. The van der Waals surface area contributed by atoms with Gasteiger partial charge in [0.2, 0.25) is 0 Å². The van der Waals surface area contributed by atoms with Crippen molar-refractivity contribution in [2.24, 2.45) is 4.99 Å². The molecule has 0 bridgehead atoms. The molecule has 0 heterocycles. The van der Waals surface area contributed by atoms with Gasteiger partial charge in [0.25, 0.3) is 0 Å². The molecule has 0 aromatic heterocycles. The van der Waals surface area contributed by atoms with Gasteiger partial charge in [-0.15, -0.1) is 0 Å². The first kappa shape index (κ1) is 9.11. The summed E-state index contributed by atoms with van der Waals surface area (Å²) in [5.41, 5.74) is 0.906. The Morgan fingerprint density at radius 1 is 1.70 bits per heavy atom. The summed E-state index contributed by atoms with van der Waals surface area (Å²) in [5.74, 6) is 0. The second-order valence-corrected chi connectivity index (χ2v) is 1.87. The molecular formula is C8H13NO. The first-order valence-electron chi connectivity index (χ1n) is 3.24. The van der Waals surface area contributed by atoms with Crippen LogP contribution in [0.3, 0.4) is 0 Å². The Labute approximate surface area is 61.6 Å². The molecule has 0 radical (unpaired) electrons. The minimum absolute atomic E-state index is 0.158. The number of hydrogen-bond donors (Lipinski definition) is 1. The number of allylic oxidation sites excluding steroid dienone is 3. The van der Waals surface area contributed by atoms with Crippen LogP contribution in [-0.4, -0.2) is 17.9 Å². The minimum Gasteiger partial charge on any atom is -0.396 e. The molecule has 0 spiro atoms. The number of aliphatic hydroxyl groups is 1. The largest absolute Gasteiger partial charge is 0.396 e. The van der Waals surface area contributed by atoms with Gasteiger partial charge in [-0.3, -0.25) is 4.99 Å². The maximum Gasteiger partial charge on any atom is 0.0480 e. The molecule has 0 saturated carbocycles. The molecule has 0 aliphatic carbocycles. The highest BCUT2D eigenvalue weighted by atomic mass is 16.2. The zero-order valence-electron chi connectivity index (χ0n) is 6.25. The number of hydrogen-bond acceptors (Lipinski definition) is 2. The lowest BCUT2D eigenvalue weighted by atomic mass is 10.4. The van der Waals surface area contributed by atoms with E-state index in [1.165, 1.54) is 0 Å². The highest BCUT2D eigenvalue weighted by Crippen LogP contribution is 1.92.